The molecular weight excluding hydrogens is 274 g/mol. The lowest BCUT2D eigenvalue weighted by molar-refractivity contribution is -0.228. The van der Waals surface area contributed by atoms with E-state index in [1.807, 2.05) is 0 Å². The average Bonchev–Trinajstić information content (AvgIpc) is 2.39. The van der Waals surface area contributed by atoms with Crippen molar-refractivity contribution in [2.24, 2.45) is 5.92 Å². The van der Waals surface area contributed by atoms with Gasteiger partial charge in [0, 0.05) is 6.42 Å². The smallest absolute Gasteiger partial charge is 0.291 e. The van der Waals surface area contributed by atoms with Gasteiger partial charge in [0.25, 0.3) is 5.92 Å². The second-order valence-electron chi connectivity index (χ2n) is 4.86. The van der Waals surface area contributed by atoms with E-state index in [1.165, 1.54) is 24.3 Å². The first-order valence-electron chi connectivity index (χ1n) is 6.16. The number of ether oxygens (including phenoxy) is 1. The van der Waals surface area contributed by atoms with Gasteiger partial charge in [0.05, 0.1) is 24.7 Å². The van der Waals surface area contributed by atoms with E-state index in [4.69, 9.17) is 14.9 Å². The second-order valence-corrected chi connectivity index (χ2v) is 4.86. The largest absolute Gasteiger partial charge is 0.508 e. The summed E-state index contributed by atoms with van der Waals surface area (Å²) in [5.41, 5.74) is 0. The van der Waals surface area contributed by atoms with E-state index in [1.54, 1.807) is 0 Å². The fraction of sp³-hybridized carbons (Fsp3) is 0.538. The maximum atomic E-state index is 14.1. The molecular formula is C13H16F2O5. The van der Waals surface area contributed by atoms with Gasteiger partial charge in [0.2, 0.25) is 0 Å². The van der Waals surface area contributed by atoms with Crippen LogP contribution in [0.4, 0.5) is 8.78 Å². The summed E-state index contributed by atoms with van der Waals surface area (Å²) in [6.45, 7) is -0.958. The van der Waals surface area contributed by atoms with Crippen molar-refractivity contribution in [3.05, 3.63) is 24.3 Å². The van der Waals surface area contributed by atoms with Crippen LogP contribution in [0.15, 0.2) is 24.3 Å². The predicted molar refractivity (Wildman–Crippen MR) is 64.7 cm³/mol. The molecule has 0 bridgehead atoms. The third-order valence-electron chi connectivity index (χ3n) is 3.50. The lowest BCUT2D eigenvalue weighted by Crippen LogP contribution is -2.59. The molecule has 4 atom stereocenters. The molecule has 1 aromatic rings. The Bertz CT molecular complexity index is 451. The predicted octanol–water partition coefficient (Wildman–Crippen LogP) is 0.509. The van der Waals surface area contributed by atoms with E-state index in [-0.39, 0.29) is 11.5 Å². The molecule has 0 heterocycles. The van der Waals surface area contributed by atoms with Crippen molar-refractivity contribution in [1.29, 1.82) is 0 Å². The zero-order chi connectivity index (χ0) is 14.9. The van der Waals surface area contributed by atoms with Gasteiger partial charge in [-0.3, -0.25) is 0 Å². The molecule has 0 spiro atoms. The summed E-state index contributed by atoms with van der Waals surface area (Å²) in [5.74, 6) is -5.19. The summed E-state index contributed by atoms with van der Waals surface area (Å²) in [4.78, 5) is 0. The lowest BCUT2D eigenvalue weighted by atomic mass is 9.79. The van der Waals surface area contributed by atoms with Gasteiger partial charge < -0.3 is 25.2 Å². The summed E-state index contributed by atoms with van der Waals surface area (Å²) < 4.78 is 33.4. The van der Waals surface area contributed by atoms with Crippen LogP contribution >= 0.6 is 0 Å². The normalized spacial score (nSPS) is 32.9. The van der Waals surface area contributed by atoms with E-state index in [0.29, 0.717) is 0 Å². The summed E-state index contributed by atoms with van der Waals surface area (Å²) in [5, 5.41) is 37.2. The number of phenols is 1. The minimum absolute atomic E-state index is 0.0311. The summed E-state index contributed by atoms with van der Waals surface area (Å²) in [7, 11) is 0. The van der Waals surface area contributed by atoms with E-state index < -0.39 is 43.2 Å². The summed E-state index contributed by atoms with van der Waals surface area (Å²) in [6.07, 6.45) is -5.21. The molecule has 0 radical (unpaired) electrons. The molecule has 0 aromatic heterocycles. The van der Waals surface area contributed by atoms with Crippen LogP contribution < -0.4 is 4.74 Å². The summed E-state index contributed by atoms with van der Waals surface area (Å²) >= 11 is 0. The maximum Gasteiger partial charge on any atom is 0.291 e. The zero-order valence-electron chi connectivity index (χ0n) is 10.5. The highest BCUT2D eigenvalue weighted by molar-refractivity contribution is 5.30. The molecule has 0 unspecified atom stereocenters. The topological polar surface area (TPSA) is 90.2 Å². The highest BCUT2D eigenvalue weighted by Gasteiger charge is 2.57. The Hall–Kier alpha value is -1.44. The number of hydrogen-bond donors (Lipinski definition) is 4. The number of aromatic hydroxyl groups is 1. The van der Waals surface area contributed by atoms with Gasteiger partial charge in [0.1, 0.15) is 11.5 Å². The van der Waals surface area contributed by atoms with E-state index in [0.717, 1.165) is 0 Å². The van der Waals surface area contributed by atoms with Crippen LogP contribution in [0.3, 0.4) is 0 Å². The van der Waals surface area contributed by atoms with Crippen LogP contribution in [0.5, 0.6) is 11.5 Å². The molecule has 2 rings (SSSR count). The Morgan fingerprint density at radius 1 is 1.20 bits per heavy atom. The molecule has 7 heteroatoms. The van der Waals surface area contributed by atoms with Gasteiger partial charge in [-0.1, -0.05) is 0 Å². The number of alkyl halides is 2. The van der Waals surface area contributed by atoms with Crippen LogP contribution in [0.2, 0.25) is 0 Å². The molecule has 1 aliphatic carbocycles. The Balaban J connectivity index is 2.19. The van der Waals surface area contributed by atoms with Crippen LogP contribution in [-0.4, -0.2) is 51.3 Å². The SMILES string of the molecule is OC[C@@H]1[C@@H](O)[C@H](O)C[C@@H](Oc2ccc(O)cc2)C1(F)F. The molecule has 0 amide bonds. The fourth-order valence-electron chi connectivity index (χ4n) is 2.30. The number of benzene rings is 1. The first-order chi connectivity index (χ1) is 9.36. The molecule has 1 aliphatic rings. The first kappa shape index (κ1) is 15.0. The Morgan fingerprint density at radius 3 is 2.35 bits per heavy atom. The Labute approximate surface area is 114 Å². The highest BCUT2D eigenvalue weighted by atomic mass is 19.3. The van der Waals surface area contributed by atoms with E-state index in [2.05, 4.69) is 0 Å². The summed E-state index contributed by atoms with van der Waals surface area (Å²) in [6, 6.07) is 5.20. The van der Waals surface area contributed by atoms with Crippen LogP contribution in [0.25, 0.3) is 0 Å². The number of halogens is 2. The third-order valence-corrected chi connectivity index (χ3v) is 3.50. The molecule has 4 N–H and O–H groups in total. The highest BCUT2D eigenvalue weighted by Crippen LogP contribution is 2.41. The third kappa shape index (κ3) is 2.70. The fourth-order valence-corrected chi connectivity index (χ4v) is 2.30. The van der Waals surface area contributed by atoms with Gasteiger partial charge >= 0.3 is 0 Å². The van der Waals surface area contributed by atoms with Crippen LogP contribution in [0.1, 0.15) is 6.42 Å². The van der Waals surface area contributed by atoms with Gasteiger partial charge in [-0.25, -0.2) is 8.78 Å². The number of aliphatic hydroxyl groups is 3. The molecule has 1 fully saturated rings. The molecule has 1 aromatic carbocycles. The van der Waals surface area contributed by atoms with Crippen LogP contribution in [-0.2, 0) is 0 Å². The molecule has 20 heavy (non-hydrogen) atoms. The lowest BCUT2D eigenvalue weighted by Gasteiger charge is -2.42. The van der Waals surface area contributed by atoms with Crippen molar-refractivity contribution in [2.75, 3.05) is 6.61 Å². The van der Waals surface area contributed by atoms with Crippen LogP contribution in [0, 0.1) is 5.92 Å². The Morgan fingerprint density at radius 2 is 1.80 bits per heavy atom. The minimum atomic E-state index is -3.48. The number of hydrogen-bond acceptors (Lipinski definition) is 5. The van der Waals surface area contributed by atoms with Crippen molar-refractivity contribution < 1.29 is 33.9 Å². The second kappa shape index (κ2) is 5.51. The van der Waals surface area contributed by atoms with E-state index >= 15 is 0 Å². The standard InChI is InChI=1S/C13H16F2O5/c14-13(15)9(6-16)12(19)10(18)5-11(13)20-8-3-1-7(17)2-4-8/h1-4,9-12,16-19H,5-6H2/t9-,10-,11-,12-/m1/s1. The average molecular weight is 290 g/mol. The molecule has 5 nitrogen and oxygen atoms in total. The number of rotatable bonds is 3. The molecule has 1 saturated carbocycles. The van der Waals surface area contributed by atoms with Crippen molar-refractivity contribution in [2.45, 2.75) is 30.7 Å². The van der Waals surface area contributed by atoms with Crippen molar-refractivity contribution in [1.82, 2.24) is 0 Å². The van der Waals surface area contributed by atoms with Crippen molar-refractivity contribution >= 4 is 0 Å². The van der Waals surface area contributed by atoms with Gasteiger partial charge in [-0.2, -0.15) is 0 Å². The molecule has 112 valence electrons. The Kier molecular flexibility index (Phi) is 4.12. The van der Waals surface area contributed by atoms with Gasteiger partial charge in [-0.05, 0) is 24.3 Å². The monoisotopic (exact) mass is 290 g/mol. The number of phenolic OH excluding ortho intramolecular Hbond substituents is 1. The maximum absolute atomic E-state index is 14.1. The van der Waals surface area contributed by atoms with E-state index in [9.17, 15) is 19.0 Å². The van der Waals surface area contributed by atoms with Crippen molar-refractivity contribution in [3.8, 4) is 11.5 Å². The molecule has 0 saturated heterocycles. The minimum Gasteiger partial charge on any atom is -0.508 e. The first-order valence-corrected chi connectivity index (χ1v) is 6.16. The van der Waals surface area contributed by atoms with Crippen molar-refractivity contribution in [3.63, 3.8) is 0 Å². The molecule has 0 aliphatic heterocycles. The zero-order valence-corrected chi connectivity index (χ0v) is 10.5. The van der Waals surface area contributed by atoms with Gasteiger partial charge in [0.15, 0.2) is 6.10 Å². The number of aliphatic hydroxyl groups excluding tert-OH is 3. The van der Waals surface area contributed by atoms with Gasteiger partial charge in [-0.15, -0.1) is 0 Å². The quantitative estimate of drug-likeness (QED) is 0.651.